The SMILES string of the molecule is Cc1ccccc1OC[C@H](O)CN(Cc1ccc(F)cc1F)C[C@@H]1CCCO1. The molecule has 1 N–H and O–H groups in total. The molecule has 0 unspecified atom stereocenters. The van der Waals surface area contributed by atoms with Crippen molar-refractivity contribution in [2.45, 2.75) is 38.5 Å². The monoisotopic (exact) mass is 391 g/mol. The van der Waals surface area contributed by atoms with Crippen LogP contribution in [-0.2, 0) is 11.3 Å². The quantitative estimate of drug-likeness (QED) is 0.708. The van der Waals surface area contributed by atoms with E-state index in [0.717, 1.165) is 36.8 Å². The normalized spacial score (nSPS) is 17.8. The van der Waals surface area contributed by atoms with Crippen LogP contribution in [0.5, 0.6) is 5.75 Å². The first kappa shape index (κ1) is 20.7. The number of aliphatic hydroxyl groups is 1. The molecule has 1 fully saturated rings. The molecule has 1 aliphatic heterocycles. The number of para-hydroxylation sites is 1. The molecule has 0 aliphatic carbocycles. The van der Waals surface area contributed by atoms with E-state index in [-0.39, 0.29) is 19.3 Å². The van der Waals surface area contributed by atoms with Crippen LogP contribution in [0.3, 0.4) is 0 Å². The number of hydrogen-bond donors (Lipinski definition) is 1. The number of ether oxygens (including phenoxy) is 2. The molecule has 1 aliphatic rings. The molecule has 2 aromatic rings. The summed E-state index contributed by atoms with van der Waals surface area (Å²) >= 11 is 0. The Labute approximate surface area is 164 Å². The Hall–Kier alpha value is -2.02. The number of benzene rings is 2. The predicted octanol–water partition coefficient (Wildman–Crippen LogP) is 3.69. The highest BCUT2D eigenvalue weighted by Crippen LogP contribution is 2.19. The van der Waals surface area contributed by atoms with Gasteiger partial charge in [-0.1, -0.05) is 24.3 Å². The fraction of sp³-hybridized carbons (Fsp3) is 0.455. The van der Waals surface area contributed by atoms with E-state index < -0.39 is 17.7 Å². The molecule has 28 heavy (non-hydrogen) atoms. The van der Waals surface area contributed by atoms with Gasteiger partial charge in [0.15, 0.2) is 0 Å². The Morgan fingerprint density at radius 1 is 1.25 bits per heavy atom. The standard InChI is InChI=1S/C22H27F2NO3/c1-16-5-2-3-7-22(16)28-15-19(26)13-25(14-20-6-4-10-27-20)12-17-8-9-18(23)11-21(17)24/h2-3,5,7-9,11,19-20,26H,4,6,10,12-15H2,1H3/t19-,20+/m1/s1. The Kier molecular flexibility index (Phi) is 7.36. The molecular formula is C22H27F2NO3. The van der Waals surface area contributed by atoms with Crippen LogP contribution >= 0.6 is 0 Å². The van der Waals surface area contributed by atoms with Crippen molar-refractivity contribution in [2.24, 2.45) is 0 Å². The summed E-state index contributed by atoms with van der Waals surface area (Å²) in [7, 11) is 0. The van der Waals surface area contributed by atoms with Gasteiger partial charge >= 0.3 is 0 Å². The maximum Gasteiger partial charge on any atom is 0.130 e. The van der Waals surface area contributed by atoms with Crippen LogP contribution in [0.4, 0.5) is 8.78 Å². The summed E-state index contributed by atoms with van der Waals surface area (Å²) < 4.78 is 38.7. The first-order chi connectivity index (χ1) is 13.5. The fourth-order valence-electron chi connectivity index (χ4n) is 3.43. The lowest BCUT2D eigenvalue weighted by molar-refractivity contribution is 0.0309. The van der Waals surface area contributed by atoms with E-state index in [2.05, 4.69) is 0 Å². The van der Waals surface area contributed by atoms with Crippen molar-refractivity contribution >= 4 is 0 Å². The van der Waals surface area contributed by atoms with Crippen molar-refractivity contribution in [3.05, 3.63) is 65.2 Å². The average Bonchev–Trinajstić information content (AvgIpc) is 3.16. The van der Waals surface area contributed by atoms with Crippen LogP contribution in [0.25, 0.3) is 0 Å². The summed E-state index contributed by atoms with van der Waals surface area (Å²) in [6, 6.07) is 11.2. The number of rotatable bonds is 9. The number of aliphatic hydroxyl groups excluding tert-OH is 1. The van der Waals surface area contributed by atoms with Gasteiger partial charge in [-0.3, -0.25) is 4.90 Å². The minimum absolute atomic E-state index is 0.0630. The topological polar surface area (TPSA) is 41.9 Å². The molecule has 0 saturated carbocycles. The summed E-state index contributed by atoms with van der Waals surface area (Å²) in [5.41, 5.74) is 1.39. The van der Waals surface area contributed by atoms with Crippen LogP contribution in [0, 0.1) is 18.6 Å². The second-order valence-electron chi connectivity index (χ2n) is 7.30. The molecule has 4 nitrogen and oxygen atoms in total. The lowest BCUT2D eigenvalue weighted by atomic mass is 10.1. The number of nitrogens with zero attached hydrogens (tertiary/aromatic N) is 1. The van der Waals surface area contributed by atoms with Crippen LogP contribution in [0.1, 0.15) is 24.0 Å². The van der Waals surface area contributed by atoms with E-state index in [9.17, 15) is 13.9 Å². The molecule has 152 valence electrons. The third-order valence-electron chi connectivity index (χ3n) is 4.89. The van der Waals surface area contributed by atoms with Gasteiger partial charge in [0, 0.05) is 37.9 Å². The molecule has 0 bridgehead atoms. The van der Waals surface area contributed by atoms with Crippen molar-refractivity contribution in [3.63, 3.8) is 0 Å². The largest absolute Gasteiger partial charge is 0.491 e. The van der Waals surface area contributed by atoms with Crippen molar-refractivity contribution in [1.82, 2.24) is 4.90 Å². The molecule has 1 saturated heterocycles. The van der Waals surface area contributed by atoms with E-state index in [1.807, 2.05) is 36.1 Å². The van der Waals surface area contributed by atoms with Gasteiger partial charge < -0.3 is 14.6 Å². The van der Waals surface area contributed by atoms with E-state index >= 15 is 0 Å². The van der Waals surface area contributed by atoms with E-state index in [0.29, 0.717) is 18.7 Å². The Bertz CT molecular complexity index is 765. The molecule has 0 aromatic heterocycles. The molecule has 6 heteroatoms. The summed E-state index contributed by atoms with van der Waals surface area (Å²) in [5.74, 6) is -0.446. The molecule has 3 rings (SSSR count). The minimum Gasteiger partial charge on any atom is -0.491 e. The Balaban J connectivity index is 1.61. The number of aryl methyl sites for hydroxylation is 1. The Morgan fingerprint density at radius 3 is 2.79 bits per heavy atom. The maximum atomic E-state index is 14.1. The van der Waals surface area contributed by atoms with Gasteiger partial charge in [0.2, 0.25) is 0 Å². The summed E-state index contributed by atoms with van der Waals surface area (Å²) in [6.07, 6.45) is 1.26. The third kappa shape index (κ3) is 5.99. The zero-order valence-electron chi connectivity index (χ0n) is 16.1. The van der Waals surface area contributed by atoms with Gasteiger partial charge in [-0.05, 0) is 37.5 Å². The van der Waals surface area contributed by atoms with Crippen LogP contribution in [0.15, 0.2) is 42.5 Å². The molecule has 0 spiro atoms. The highest BCUT2D eigenvalue weighted by Gasteiger charge is 2.22. The van der Waals surface area contributed by atoms with Gasteiger partial charge in [-0.15, -0.1) is 0 Å². The maximum absolute atomic E-state index is 14.1. The van der Waals surface area contributed by atoms with E-state index in [4.69, 9.17) is 9.47 Å². The van der Waals surface area contributed by atoms with Gasteiger partial charge in [0.25, 0.3) is 0 Å². The van der Waals surface area contributed by atoms with E-state index in [1.54, 1.807) is 0 Å². The van der Waals surface area contributed by atoms with Gasteiger partial charge in [0.1, 0.15) is 30.1 Å². The van der Waals surface area contributed by atoms with Crippen molar-refractivity contribution < 1.29 is 23.4 Å². The first-order valence-electron chi connectivity index (χ1n) is 9.65. The fourth-order valence-corrected chi connectivity index (χ4v) is 3.43. The van der Waals surface area contributed by atoms with Crippen LogP contribution in [-0.4, -0.2) is 48.5 Å². The molecule has 0 radical (unpaired) electrons. The summed E-state index contributed by atoms with van der Waals surface area (Å²) in [6.45, 7) is 3.97. The van der Waals surface area contributed by atoms with Gasteiger partial charge in [-0.25, -0.2) is 8.78 Å². The summed E-state index contributed by atoms with van der Waals surface area (Å²) in [5, 5.41) is 10.5. The highest BCUT2D eigenvalue weighted by molar-refractivity contribution is 5.31. The predicted molar refractivity (Wildman–Crippen MR) is 103 cm³/mol. The minimum atomic E-state index is -0.746. The van der Waals surface area contributed by atoms with Crippen molar-refractivity contribution in [1.29, 1.82) is 0 Å². The number of hydrogen-bond acceptors (Lipinski definition) is 4. The highest BCUT2D eigenvalue weighted by atomic mass is 19.1. The summed E-state index contributed by atoms with van der Waals surface area (Å²) in [4.78, 5) is 1.94. The average molecular weight is 391 g/mol. The first-order valence-corrected chi connectivity index (χ1v) is 9.65. The molecule has 2 aromatic carbocycles. The van der Waals surface area contributed by atoms with Crippen molar-refractivity contribution in [3.8, 4) is 5.75 Å². The molecule has 1 heterocycles. The van der Waals surface area contributed by atoms with Crippen LogP contribution < -0.4 is 4.74 Å². The van der Waals surface area contributed by atoms with Crippen LogP contribution in [0.2, 0.25) is 0 Å². The number of halogens is 2. The second kappa shape index (κ2) is 9.96. The second-order valence-corrected chi connectivity index (χ2v) is 7.30. The zero-order chi connectivity index (χ0) is 19.9. The molecular weight excluding hydrogens is 364 g/mol. The van der Waals surface area contributed by atoms with Crippen molar-refractivity contribution in [2.75, 3.05) is 26.3 Å². The Morgan fingerprint density at radius 2 is 2.07 bits per heavy atom. The zero-order valence-corrected chi connectivity index (χ0v) is 16.1. The van der Waals surface area contributed by atoms with Gasteiger partial charge in [-0.2, -0.15) is 0 Å². The molecule has 0 amide bonds. The third-order valence-corrected chi connectivity index (χ3v) is 4.89. The smallest absolute Gasteiger partial charge is 0.130 e. The lowest BCUT2D eigenvalue weighted by Crippen LogP contribution is -2.39. The lowest BCUT2D eigenvalue weighted by Gasteiger charge is -2.27. The molecule has 2 atom stereocenters. The van der Waals surface area contributed by atoms with E-state index in [1.165, 1.54) is 12.1 Å². The van der Waals surface area contributed by atoms with Gasteiger partial charge in [0.05, 0.1) is 6.10 Å².